The van der Waals surface area contributed by atoms with E-state index < -0.39 is 0 Å². The van der Waals surface area contributed by atoms with E-state index >= 15 is 0 Å². The molecule has 3 aromatic heterocycles. The van der Waals surface area contributed by atoms with Gasteiger partial charge < -0.3 is 4.57 Å². The molecule has 3 heterocycles. The summed E-state index contributed by atoms with van der Waals surface area (Å²) in [6, 6.07) is 83.4. The minimum atomic E-state index is 0.659. The Bertz CT molecular complexity index is 4280. The minimum absolute atomic E-state index is 0.659. The Morgan fingerprint density at radius 3 is 1.33 bits per heavy atom. The van der Waals surface area contributed by atoms with Crippen LogP contribution in [0.25, 0.3) is 132 Å². The van der Waals surface area contributed by atoms with Gasteiger partial charge >= 0.3 is 0 Å². The van der Waals surface area contributed by atoms with Crippen LogP contribution >= 0.6 is 0 Å². The zero-order valence-corrected chi connectivity index (χ0v) is 35.7. The Balaban J connectivity index is 0.944. The highest BCUT2D eigenvalue weighted by Gasteiger charge is 2.22. The van der Waals surface area contributed by atoms with Gasteiger partial charge in [0.2, 0.25) is 5.95 Å². The van der Waals surface area contributed by atoms with Gasteiger partial charge in [-0.05, 0) is 98.4 Å². The second kappa shape index (κ2) is 14.3. The molecule has 0 aliphatic heterocycles. The molecule has 4 heteroatoms. The van der Waals surface area contributed by atoms with Crippen LogP contribution < -0.4 is 0 Å². The summed E-state index contributed by atoms with van der Waals surface area (Å²) in [5.74, 6) is 0.659. The van der Waals surface area contributed by atoms with Gasteiger partial charge in [0, 0.05) is 49.0 Å². The highest BCUT2D eigenvalue weighted by atomic mass is 15.2. The topological polar surface area (TPSA) is 35.6 Å². The van der Waals surface area contributed by atoms with Gasteiger partial charge in [-0.3, -0.25) is 4.57 Å². The van der Waals surface area contributed by atoms with Crippen molar-refractivity contribution in [1.29, 1.82) is 0 Å². The Hall–Kier alpha value is -8.86. The van der Waals surface area contributed by atoms with Gasteiger partial charge in [-0.15, -0.1) is 0 Å². The molecule has 0 fully saturated rings. The molecular weight excluding hydrogens is 801 g/mol. The van der Waals surface area contributed by atoms with E-state index in [2.05, 4.69) is 234 Å². The predicted molar refractivity (Wildman–Crippen MR) is 277 cm³/mol. The first kappa shape index (κ1) is 36.6. The van der Waals surface area contributed by atoms with Crippen LogP contribution in [-0.2, 0) is 0 Å². The SMILES string of the molecule is c1ccc(-c2nc(-n3c4ccccc4c4cc(-c5ccc6cc(-c7cc8c9ccccc9n(-c9ccccc9)c8c8ccccc78)ccc6c5)c5ccccc5c43)nc3ccccc23)cc1. The first-order valence-electron chi connectivity index (χ1n) is 22.6. The van der Waals surface area contributed by atoms with Crippen LogP contribution in [0.5, 0.6) is 0 Å². The quantitative estimate of drug-likeness (QED) is 0.173. The van der Waals surface area contributed by atoms with Crippen LogP contribution in [0, 0.1) is 0 Å². The fourth-order valence-electron chi connectivity index (χ4n) is 10.7. The van der Waals surface area contributed by atoms with E-state index in [0.29, 0.717) is 5.95 Å². The van der Waals surface area contributed by atoms with Crippen molar-refractivity contribution in [1.82, 2.24) is 19.1 Å². The summed E-state index contributed by atoms with van der Waals surface area (Å²) in [4.78, 5) is 10.6. The molecule has 0 saturated carbocycles. The average Bonchev–Trinajstić information content (AvgIpc) is 3.91. The number of para-hydroxylation sites is 4. The molecular formula is C62H38N4. The molecule has 0 aliphatic carbocycles. The monoisotopic (exact) mass is 838 g/mol. The molecule has 0 N–H and O–H groups in total. The van der Waals surface area contributed by atoms with Crippen LogP contribution in [0.4, 0.5) is 0 Å². The maximum Gasteiger partial charge on any atom is 0.235 e. The summed E-state index contributed by atoms with van der Waals surface area (Å²) in [5, 5.41) is 13.1. The first-order valence-corrected chi connectivity index (χ1v) is 22.6. The van der Waals surface area contributed by atoms with Gasteiger partial charge in [0.25, 0.3) is 0 Å². The van der Waals surface area contributed by atoms with Crippen molar-refractivity contribution in [2.75, 3.05) is 0 Å². The van der Waals surface area contributed by atoms with E-state index in [-0.39, 0.29) is 0 Å². The molecule has 0 spiro atoms. The van der Waals surface area contributed by atoms with Gasteiger partial charge in [-0.2, -0.15) is 0 Å². The lowest BCUT2D eigenvalue weighted by atomic mass is 9.91. The smallest absolute Gasteiger partial charge is 0.235 e. The van der Waals surface area contributed by atoms with Gasteiger partial charge in [-0.25, -0.2) is 9.97 Å². The molecule has 306 valence electrons. The van der Waals surface area contributed by atoms with Crippen LogP contribution in [0.2, 0.25) is 0 Å². The lowest BCUT2D eigenvalue weighted by Gasteiger charge is -2.15. The number of hydrogen-bond donors (Lipinski definition) is 0. The lowest BCUT2D eigenvalue weighted by molar-refractivity contribution is 1.02. The number of hydrogen-bond acceptors (Lipinski definition) is 2. The molecule has 0 aliphatic rings. The van der Waals surface area contributed by atoms with E-state index in [1.54, 1.807) is 0 Å². The molecule has 0 radical (unpaired) electrons. The van der Waals surface area contributed by atoms with Gasteiger partial charge in [0.05, 0.1) is 33.3 Å². The van der Waals surface area contributed by atoms with Crippen molar-refractivity contribution in [3.05, 3.63) is 231 Å². The summed E-state index contributed by atoms with van der Waals surface area (Å²) in [5.41, 5.74) is 13.5. The van der Waals surface area contributed by atoms with E-state index in [1.165, 1.54) is 81.8 Å². The number of nitrogens with zero attached hydrogens (tertiary/aromatic N) is 4. The van der Waals surface area contributed by atoms with Crippen molar-refractivity contribution >= 4 is 86.8 Å². The van der Waals surface area contributed by atoms with Gasteiger partial charge in [-0.1, -0.05) is 176 Å². The Morgan fingerprint density at radius 1 is 0.288 bits per heavy atom. The van der Waals surface area contributed by atoms with E-state index in [9.17, 15) is 0 Å². The Kier molecular flexibility index (Phi) is 7.95. The van der Waals surface area contributed by atoms with Crippen LogP contribution in [0.15, 0.2) is 231 Å². The third-order valence-electron chi connectivity index (χ3n) is 13.7. The minimum Gasteiger partial charge on any atom is -0.309 e. The van der Waals surface area contributed by atoms with E-state index in [0.717, 1.165) is 44.3 Å². The molecule has 0 amide bonds. The molecule has 14 aromatic rings. The Labute approximate surface area is 379 Å². The third-order valence-corrected chi connectivity index (χ3v) is 13.7. The second-order valence-corrected chi connectivity index (χ2v) is 17.3. The van der Waals surface area contributed by atoms with Crippen molar-refractivity contribution in [3.63, 3.8) is 0 Å². The molecule has 0 unspecified atom stereocenters. The van der Waals surface area contributed by atoms with Gasteiger partial charge in [0.15, 0.2) is 0 Å². The Morgan fingerprint density at radius 2 is 0.742 bits per heavy atom. The third kappa shape index (κ3) is 5.45. The molecule has 14 rings (SSSR count). The van der Waals surface area contributed by atoms with Crippen molar-refractivity contribution in [2.24, 2.45) is 0 Å². The molecule has 4 nitrogen and oxygen atoms in total. The van der Waals surface area contributed by atoms with E-state index in [1.807, 2.05) is 6.07 Å². The fraction of sp³-hybridized carbons (Fsp3) is 0. The summed E-state index contributed by atoms with van der Waals surface area (Å²) >= 11 is 0. The normalized spacial score (nSPS) is 11.9. The molecule has 11 aromatic carbocycles. The number of rotatable bonds is 5. The van der Waals surface area contributed by atoms with Crippen LogP contribution in [0.1, 0.15) is 0 Å². The highest BCUT2D eigenvalue weighted by Crippen LogP contribution is 2.44. The second-order valence-electron chi connectivity index (χ2n) is 17.3. The van der Waals surface area contributed by atoms with E-state index in [4.69, 9.17) is 9.97 Å². The predicted octanol–water partition coefficient (Wildman–Crippen LogP) is 16.3. The van der Waals surface area contributed by atoms with Crippen molar-refractivity contribution in [3.8, 4) is 45.1 Å². The molecule has 0 atom stereocenters. The van der Waals surface area contributed by atoms with Crippen molar-refractivity contribution < 1.29 is 0 Å². The number of benzene rings is 11. The summed E-state index contributed by atoms with van der Waals surface area (Å²) in [6.07, 6.45) is 0. The summed E-state index contributed by atoms with van der Waals surface area (Å²) in [6.45, 7) is 0. The van der Waals surface area contributed by atoms with Crippen molar-refractivity contribution in [2.45, 2.75) is 0 Å². The summed E-state index contributed by atoms with van der Waals surface area (Å²) < 4.78 is 4.70. The summed E-state index contributed by atoms with van der Waals surface area (Å²) in [7, 11) is 0. The molecule has 0 bridgehead atoms. The number of aromatic nitrogens is 4. The zero-order chi connectivity index (χ0) is 43.3. The highest BCUT2D eigenvalue weighted by molar-refractivity contribution is 6.24. The standard InChI is InChI=1S/C62H38N4/c1-3-17-39(18-4-1)59-51-27-11-14-28-56(51)63-62(64-59)66-58-30-16-13-24-48(58)55-38-53(46-22-8-10-26-50(46)61(55)66)43-34-32-40-35-42(33-31-41(40)36-43)52-37-54-47-23-12-15-29-57(47)65(44-19-5-2-6-20-44)60(54)49-25-9-7-21-45(49)52/h1-38H. The largest absolute Gasteiger partial charge is 0.309 e. The fourth-order valence-corrected chi connectivity index (χ4v) is 10.7. The molecule has 66 heavy (non-hydrogen) atoms. The number of fused-ring (bicyclic) bond motifs is 12. The maximum absolute atomic E-state index is 5.37. The maximum atomic E-state index is 5.37. The zero-order valence-electron chi connectivity index (χ0n) is 35.7. The van der Waals surface area contributed by atoms with Gasteiger partial charge in [0.1, 0.15) is 0 Å². The van der Waals surface area contributed by atoms with Crippen LogP contribution in [0.3, 0.4) is 0 Å². The lowest BCUT2D eigenvalue weighted by Crippen LogP contribution is -2.03. The average molecular weight is 839 g/mol. The first-order chi connectivity index (χ1) is 32.7. The van der Waals surface area contributed by atoms with Crippen LogP contribution in [-0.4, -0.2) is 19.1 Å². The molecule has 0 saturated heterocycles.